The Balaban J connectivity index is 0.00000182. The van der Waals surface area contributed by atoms with E-state index in [9.17, 15) is 13.2 Å². The zero-order valence-electron chi connectivity index (χ0n) is 15.3. The van der Waals surface area contributed by atoms with E-state index in [1.807, 2.05) is 0 Å². The molecule has 9 heteroatoms. The fourth-order valence-corrected chi connectivity index (χ4v) is 3.87. The monoisotopic (exact) mass is 430 g/mol. The van der Waals surface area contributed by atoms with Gasteiger partial charge < -0.3 is 14.8 Å². The van der Waals surface area contributed by atoms with Crippen LogP contribution in [0.25, 0.3) is 0 Å². The Morgan fingerprint density at radius 1 is 1.15 bits per heavy atom. The van der Waals surface area contributed by atoms with Gasteiger partial charge in [0.05, 0.1) is 12.7 Å². The maximum Gasteiger partial charge on any atom is 0.416 e. The predicted molar refractivity (Wildman–Crippen MR) is 103 cm³/mol. The van der Waals surface area contributed by atoms with Gasteiger partial charge in [0.2, 0.25) is 0 Å². The molecule has 1 N–H and O–H groups in total. The third-order valence-corrected chi connectivity index (χ3v) is 5.14. The van der Waals surface area contributed by atoms with Gasteiger partial charge in [0.1, 0.15) is 5.75 Å². The van der Waals surface area contributed by atoms with E-state index in [0.29, 0.717) is 24.9 Å². The molecule has 2 fully saturated rings. The van der Waals surface area contributed by atoms with Gasteiger partial charge in [0.15, 0.2) is 0 Å². The van der Waals surface area contributed by atoms with Gasteiger partial charge in [-0.25, -0.2) is 0 Å². The molecule has 0 radical (unpaired) electrons. The van der Waals surface area contributed by atoms with E-state index in [1.165, 1.54) is 13.2 Å². The lowest BCUT2D eigenvalue weighted by atomic mass is 9.84. The van der Waals surface area contributed by atoms with Gasteiger partial charge in [0, 0.05) is 51.0 Å². The SMILES string of the molecule is COc1cc(C(F)(F)F)ccc1[C@H](C1CCOCC1)N1CCNCC1.Cl.Cl. The minimum atomic E-state index is -4.37. The average molecular weight is 431 g/mol. The molecule has 27 heavy (non-hydrogen) atoms. The molecule has 2 saturated heterocycles. The van der Waals surface area contributed by atoms with Crippen molar-refractivity contribution in [3.63, 3.8) is 0 Å². The van der Waals surface area contributed by atoms with Crippen molar-refractivity contribution < 1.29 is 22.6 Å². The van der Waals surface area contributed by atoms with E-state index in [4.69, 9.17) is 9.47 Å². The van der Waals surface area contributed by atoms with Crippen molar-refractivity contribution in [2.75, 3.05) is 46.5 Å². The van der Waals surface area contributed by atoms with Crippen molar-refractivity contribution >= 4 is 24.8 Å². The highest BCUT2D eigenvalue weighted by Gasteiger charge is 2.36. The molecule has 3 rings (SSSR count). The highest BCUT2D eigenvalue weighted by atomic mass is 35.5. The zero-order chi connectivity index (χ0) is 17.9. The first-order valence-corrected chi connectivity index (χ1v) is 8.78. The first-order chi connectivity index (χ1) is 12.0. The molecule has 2 aliphatic rings. The number of ether oxygens (including phenoxy) is 2. The van der Waals surface area contributed by atoms with E-state index >= 15 is 0 Å². The van der Waals surface area contributed by atoms with Crippen LogP contribution >= 0.6 is 24.8 Å². The van der Waals surface area contributed by atoms with Crippen molar-refractivity contribution in [2.24, 2.45) is 5.92 Å². The molecule has 0 spiro atoms. The van der Waals surface area contributed by atoms with Crippen molar-refractivity contribution in [2.45, 2.75) is 25.1 Å². The van der Waals surface area contributed by atoms with E-state index in [-0.39, 0.29) is 30.9 Å². The lowest BCUT2D eigenvalue weighted by Gasteiger charge is -2.41. The summed E-state index contributed by atoms with van der Waals surface area (Å²) in [5, 5.41) is 3.34. The summed E-state index contributed by atoms with van der Waals surface area (Å²) in [4.78, 5) is 2.37. The summed E-state index contributed by atoms with van der Waals surface area (Å²) in [5.41, 5.74) is 0.184. The number of hydrogen-bond acceptors (Lipinski definition) is 4. The van der Waals surface area contributed by atoms with Crippen LogP contribution in [-0.2, 0) is 10.9 Å². The van der Waals surface area contributed by atoms with E-state index in [1.54, 1.807) is 6.07 Å². The van der Waals surface area contributed by atoms with E-state index in [0.717, 1.165) is 50.7 Å². The smallest absolute Gasteiger partial charge is 0.416 e. The molecule has 0 saturated carbocycles. The van der Waals surface area contributed by atoms with Crippen molar-refractivity contribution in [3.05, 3.63) is 29.3 Å². The topological polar surface area (TPSA) is 33.7 Å². The summed E-state index contributed by atoms with van der Waals surface area (Å²) in [7, 11) is 1.44. The van der Waals surface area contributed by atoms with E-state index in [2.05, 4.69) is 10.2 Å². The molecule has 0 bridgehead atoms. The normalized spacial score (nSPS) is 20.3. The Morgan fingerprint density at radius 3 is 2.33 bits per heavy atom. The van der Waals surface area contributed by atoms with Crippen molar-refractivity contribution in [1.29, 1.82) is 0 Å². The highest BCUT2D eigenvalue weighted by Crippen LogP contribution is 2.41. The number of alkyl halides is 3. The van der Waals surface area contributed by atoms with Crippen LogP contribution in [0.3, 0.4) is 0 Å². The Bertz CT molecular complexity index is 560. The van der Waals surface area contributed by atoms with Gasteiger partial charge in [-0.1, -0.05) is 6.07 Å². The van der Waals surface area contributed by atoms with Gasteiger partial charge in [-0.2, -0.15) is 13.2 Å². The standard InChI is InChI=1S/C18H25F3N2O2.2ClH/c1-24-16-12-14(18(19,20)21)2-3-15(16)17(13-4-10-25-11-5-13)23-8-6-22-7-9-23;;/h2-3,12-13,17,22H,4-11H2,1H3;2*1H/t17-;;/m0../s1. The van der Waals surface area contributed by atoms with Crippen LogP contribution in [0.2, 0.25) is 0 Å². The molecule has 0 amide bonds. The van der Waals surface area contributed by atoms with Crippen LogP contribution in [0.4, 0.5) is 13.2 Å². The van der Waals surface area contributed by atoms with Crippen LogP contribution in [-0.4, -0.2) is 51.4 Å². The zero-order valence-corrected chi connectivity index (χ0v) is 16.9. The molecule has 1 atom stereocenters. The molecule has 0 unspecified atom stereocenters. The number of nitrogens with one attached hydrogen (secondary N) is 1. The maximum absolute atomic E-state index is 13.1. The number of benzene rings is 1. The molecule has 0 aliphatic carbocycles. The third kappa shape index (κ3) is 5.87. The summed E-state index contributed by atoms with van der Waals surface area (Å²) in [5.74, 6) is 0.683. The van der Waals surface area contributed by atoms with Gasteiger partial charge in [-0.05, 0) is 30.9 Å². The number of methoxy groups -OCH3 is 1. The number of rotatable bonds is 4. The fourth-order valence-electron chi connectivity index (χ4n) is 3.87. The van der Waals surface area contributed by atoms with Gasteiger partial charge in [-0.3, -0.25) is 4.90 Å². The molecule has 0 aromatic heterocycles. The second kappa shape index (κ2) is 10.7. The van der Waals surface area contributed by atoms with Gasteiger partial charge in [-0.15, -0.1) is 24.8 Å². The fraction of sp³-hybridized carbons (Fsp3) is 0.667. The van der Waals surface area contributed by atoms with Crippen LogP contribution in [0.5, 0.6) is 5.75 Å². The number of halogens is 5. The van der Waals surface area contributed by atoms with Gasteiger partial charge in [0.25, 0.3) is 0 Å². The summed E-state index contributed by atoms with van der Waals surface area (Å²) < 4.78 is 50.0. The summed E-state index contributed by atoms with van der Waals surface area (Å²) in [6.07, 6.45) is -2.54. The number of piperazine rings is 1. The third-order valence-electron chi connectivity index (χ3n) is 5.14. The van der Waals surface area contributed by atoms with Gasteiger partial charge >= 0.3 is 6.18 Å². The summed E-state index contributed by atoms with van der Waals surface area (Å²) in [6.45, 7) is 4.95. The second-order valence-electron chi connectivity index (χ2n) is 6.64. The Hall–Kier alpha value is -0.730. The molecule has 156 valence electrons. The average Bonchev–Trinajstić information content (AvgIpc) is 2.63. The van der Waals surface area contributed by atoms with Crippen LogP contribution in [0, 0.1) is 5.92 Å². The number of hydrogen-bond donors (Lipinski definition) is 1. The molecule has 1 aromatic carbocycles. The van der Waals surface area contributed by atoms with Crippen molar-refractivity contribution in [1.82, 2.24) is 10.2 Å². The predicted octanol–water partition coefficient (Wildman–Crippen LogP) is 3.93. The first kappa shape index (κ1) is 24.3. The Kier molecular flexibility index (Phi) is 9.65. The second-order valence-corrected chi connectivity index (χ2v) is 6.64. The summed E-state index contributed by atoms with van der Waals surface area (Å²) >= 11 is 0. The largest absolute Gasteiger partial charge is 0.496 e. The number of nitrogens with zero attached hydrogens (tertiary/aromatic N) is 1. The molecule has 4 nitrogen and oxygen atoms in total. The van der Waals surface area contributed by atoms with E-state index < -0.39 is 11.7 Å². The van der Waals surface area contributed by atoms with Crippen LogP contribution in [0.15, 0.2) is 18.2 Å². The highest BCUT2D eigenvalue weighted by molar-refractivity contribution is 5.85. The quantitative estimate of drug-likeness (QED) is 0.784. The minimum Gasteiger partial charge on any atom is -0.496 e. The maximum atomic E-state index is 13.1. The first-order valence-electron chi connectivity index (χ1n) is 8.78. The minimum absolute atomic E-state index is 0. The lowest BCUT2D eigenvalue weighted by Crippen LogP contribution is -2.47. The van der Waals surface area contributed by atoms with Crippen LogP contribution in [0.1, 0.15) is 30.0 Å². The molecular weight excluding hydrogens is 404 g/mol. The molecule has 1 aromatic rings. The summed E-state index contributed by atoms with van der Waals surface area (Å²) in [6, 6.07) is 3.96. The molecule has 2 heterocycles. The van der Waals surface area contributed by atoms with Crippen LogP contribution < -0.4 is 10.1 Å². The Morgan fingerprint density at radius 2 is 1.78 bits per heavy atom. The van der Waals surface area contributed by atoms with Crippen molar-refractivity contribution in [3.8, 4) is 5.75 Å². The Labute approximate surface area is 170 Å². The lowest BCUT2D eigenvalue weighted by molar-refractivity contribution is -0.137. The molecular formula is C18H27Cl2F3N2O2. The molecule has 2 aliphatic heterocycles.